The lowest BCUT2D eigenvalue weighted by atomic mass is 9.79. The van der Waals surface area contributed by atoms with E-state index in [1.807, 2.05) is 6.08 Å². The number of hydrogen-bond donors (Lipinski definition) is 1. The van der Waals surface area contributed by atoms with Crippen LogP contribution in [0.25, 0.3) is 0 Å². The lowest BCUT2D eigenvalue weighted by Crippen LogP contribution is -2.33. The van der Waals surface area contributed by atoms with Gasteiger partial charge < -0.3 is 9.84 Å². The Morgan fingerprint density at radius 2 is 1.46 bits per heavy atom. The maximum absolute atomic E-state index is 12.1. The van der Waals surface area contributed by atoms with E-state index in [-0.39, 0.29) is 12.6 Å². The summed E-state index contributed by atoms with van der Waals surface area (Å²) < 4.78 is 5.26. The maximum Gasteiger partial charge on any atom is 0.310 e. The predicted octanol–water partition coefficient (Wildman–Crippen LogP) is 5.90. The molecule has 2 atom stereocenters. The largest absolute Gasteiger partial charge is 0.481 e. The third kappa shape index (κ3) is 9.98. The molecule has 1 fully saturated rings. The number of esters is 1. The minimum atomic E-state index is -0.868. The van der Waals surface area contributed by atoms with Gasteiger partial charge in [0.2, 0.25) is 0 Å². The van der Waals surface area contributed by atoms with Crippen LogP contribution in [0.1, 0.15) is 96.8 Å². The summed E-state index contributed by atoms with van der Waals surface area (Å²) in [6, 6.07) is 0. The van der Waals surface area contributed by atoms with Gasteiger partial charge in [-0.25, -0.2) is 0 Å². The fraction of sp³-hybridized carbons (Fsp3) is 0.818. The summed E-state index contributed by atoms with van der Waals surface area (Å²) >= 11 is 0. The van der Waals surface area contributed by atoms with E-state index >= 15 is 0 Å². The number of carbonyl (C=O) groups excluding carboxylic acids is 1. The zero-order chi connectivity index (χ0) is 19.0. The molecule has 2 unspecified atom stereocenters. The minimum Gasteiger partial charge on any atom is -0.481 e. The Balaban J connectivity index is 2.01. The third-order valence-electron chi connectivity index (χ3n) is 5.35. The number of aliphatic carboxylic acids is 1. The predicted molar refractivity (Wildman–Crippen MR) is 105 cm³/mol. The maximum atomic E-state index is 12.1. The van der Waals surface area contributed by atoms with Gasteiger partial charge in [0.25, 0.3) is 0 Å². The number of carboxylic acid groups (broad SMARTS) is 1. The van der Waals surface area contributed by atoms with Crippen molar-refractivity contribution in [3.8, 4) is 0 Å². The van der Waals surface area contributed by atoms with E-state index in [0.29, 0.717) is 12.8 Å². The van der Waals surface area contributed by atoms with Crippen molar-refractivity contribution in [1.29, 1.82) is 0 Å². The number of carboxylic acids is 1. The van der Waals surface area contributed by atoms with Gasteiger partial charge in [-0.15, -0.1) is 0 Å². The molecular weight excluding hydrogens is 328 g/mol. The van der Waals surface area contributed by atoms with Gasteiger partial charge in [-0.3, -0.25) is 9.59 Å². The van der Waals surface area contributed by atoms with Crippen LogP contribution in [0.5, 0.6) is 0 Å². The first-order valence-corrected chi connectivity index (χ1v) is 10.7. The lowest BCUT2D eigenvalue weighted by Gasteiger charge is -2.26. The van der Waals surface area contributed by atoms with Crippen molar-refractivity contribution in [3.63, 3.8) is 0 Å². The summed E-state index contributed by atoms with van der Waals surface area (Å²) in [5.41, 5.74) is 0. The normalized spacial score (nSPS) is 20.3. The van der Waals surface area contributed by atoms with E-state index < -0.39 is 17.8 Å². The van der Waals surface area contributed by atoms with Crippen LogP contribution >= 0.6 is 0 Å². The van der Waals surface area contributed by atoms with E-state index in [1.54, 1.807) is 0 Å². The van der Waals surface area contributed by atoms with E-state index in [9.17, 15) is 14.7 Å². The first-order chi connectivity index (χ1) is 12.7. The first kappa shape index (κ1) is 22.7. The second-order valence-corrected chi connectivity index (χ2v) is 7.55. The molecule has 1 N–H and O–H groups in total. The topological polar surface area (TPSA) is 63.6 Å². The fourth-order valence-electron chi connectivity index (χ4n) is 3.70. The monoisotopic (exact) mass is 366 g/mol. The summed E-state index contributed by atoms with van der Waals surface area (Å²) in [5, 5.41) is 9.22. The lowest BCUT2D eigenvalue weighted by molar-refractivity contribution is -0.158. The van der Waals surface area contributed by atoms with Gasteiger partial charge in [0, 0.05) is 0 Å². The molecule has 1 aliphatic rings. The van der Waals surface area contributed by atoms with Crippen molar-refractivity contribution in [3.05, 3.63) is 12.2 Å². The van der Waals surface area contributed by atoms with Crippen LogP contribution in [0.3, 0.4) is 0 Å². The summed E-state index contributed by atoms with van der Waals surface area (Å²) in [5.74, 6) is -2.24. The molecule has 4 nitrogen and oxygen atoms in total. The van der Waals surface area contributed by atoms with Crippen molar-refractivity contribution in [2.75, 3.05) is 6.61 Å². The highest BCUT2D eigenvalue weighted by Gasteiger charge is 2.36. The molecule has 0 radical (unpaired) electrons. The van der Waals surface area contributed by atoms with Crippen LogP contribution in [0.15, 0.2) is 12.2 Å². The Kier molecular flexibility index (Phi) is 12.9. The smallest absolute Gasteiger partial charge is 0.310 e. The first-order valence-electron chi connectivity index (χ1n) is 10.7. The van der Waals surface area contributed by atoms with Crippen LogP contribution < -0.4 is 0 Å². The highest BCUT2D eigenvalue weighted by Crippen LogP contribution is 2.31. The Morgan fingerprint density at radius 3 is 2.08 bits per heavy atom. The van der Waals surface area contributed by atoms with Crippen LogP contribution in [0.4, 0.5) is 0 Å². The number of allylic oxidation sites excluding steroid dienone is 1. The molecule has 26 heavy (non-hydrogen) atoms. The molecule has 0 aliphatic heterocycles. The molecule has 4 heteroatoms. The second kappa shape index (κ2) is 14.8. The van der Waals surface area contributed by atoms with Crippen LogP contribution in [-0.2, 0) is 14.3 Å². The molecule has 0 aromatic heterocycles. The van der Waals surface area contributed by atoms with Crippen molar-refractivity contribution in [2.45, 2.75) is 96.8 Å². The second-order valence-electron chi connectivity index (χ2n) is 7.55. The van der Waals surface area contributed by atoms with Gasteiger partial charge in [-0.2, -0.15) is 0 Å². The molecule has 150 valence electrons. The van der Waals surface area contributed by atoms with Crippen molar-refractivity contribution >= 4 is 11.9 Å². The van der Waals surface area contributed by atoms with Crippen molar-refractivity contribution < 1.29 is 19.4 Å². The quantitative estimate of drug-likeness (QED) is 0.236. The molecule has 0 saturated heterocycles. The standard InChI is InChI=1S/C22H38O4/c1-2-3-4-5-6-7-8-9-10-11-12-15-18-26-22(25)20-17-14-13-16-19(20)21(23)24/h12,15,19-20H,2-11,13-14,16-18H2,1H3,(H,23,24)/b15-12+. The Labute approximate surface area is 159 Å². The summed E-state index contributed by atoms with van der Waals surface area (Å²) in [7, 11) is 0. The Morgan fingerprint density at radius 1 is 0.885 bits per heavy atom. The highest BCUT2D eigenvalue weighted by molar-refractivity contribution is 5.81. The number of unbranched alkanes of at least 4 members (excludes halogenated alkanes) is 9. The van der Waals surface area contributed by atoms with Crippen LogP contribution in [0, 0.1) is 11.8 Å². The van der Waals surface area contributed by atoms with Gasteiger partial charge in [0.1, 0.15) is 6.61 Å². The van der Waals surface area contributed by atoms with Gasteiger partial charge in [-0.05, 0) is 25.7 Å². The van der Waals surface area contributed by atoms with Gasteiger partial charge in [0.05, 0.1) is 11.8 Å². The van der Waals surface area contributed by atoms with E-state index in [4.69, 9.17) is 4.74 Å². The van der Waals surface area contributed by atoms with Gasteiger partial charge in [0.15, 0.2) is 0 Å². The zero-order valence-electron chi connectivity index (χ0n) is 16.6. The molecule has 0 amide bonds. The van der Waals surface area contributed by atoms with Gasteiger partial charge >= 0.3 is 11.9 Å². The molecule has 0 heterocycles. The Bertz CT molecular complexity index is 416. The fourth-order valence-corrected chi connectivity index (χ4v) is 3.70. The summed E-state index contributed by atoms with van der Waals surface area (Å²) in [4.78, 5) is 23.3. The Hall–Kier alpha value is -1.32. The molecule has 1 rings (SSSR count). The molecule has 0 spiro atoms. The van der Waals surface area contributed by atoms with Crippen LogP contribution in [-0.4, -0.2) is 23.7 Å². The average molecular weight is 367 g/mol. The minimum absolute atomic E-state index is 0.263. The van der Waals surface area contributed by atoms with Crippen molar-refractivity contribution in [2.24, 2.45) is 11.8 Å². The molecule has 1 saturated carbocycles. The van der Waals surface area contributed by atoms with E-state index in [2.05, 4.69) is 13.0 Å². The number of carbonyl (C=O) groups is 2. The third-order valence-corrected chi connectivity index (χ3v) is 5.35. The summed E-state index contributed by atoms with van der Waals surface area (Å²) in [6.45, 7) is 2.51. The molecule has 0 aromatic carbocycles. The molecular formula is C22H38O4. The highest BCUT2D eigenvalue weighted by atomic mass is 16.5. The van der Waals surface area contributed by atoms with Crippen LogP contribution in [0.2, 0.25) is 0 Å². The molecule has 1 aliphatic carbocycles. The number of rotatable bonds is 14. The van der Waals surface area contributed by atoms with Gasteiger partial charge in [-0.1, -0.05) is 83.3 Å². The zero-order valence-corrected chi connectivity index (χ0v) is 16.6. The SMILES string of the molecule is CCCCCCCCCCC/C=C/COC(=O)C1CCCCC1C(=O)O. The van der Waals surface area contributed by atoms with E-state index in [0.717, 1.165) is 19.3 Å². The average Bonchev–Trinajstić information content (AvgIpc) is 2.65. The van der Waals surface area contributed by atoms with Crippen molar-refractivity contribution in [1.82, 2.24) is 0 Å². The number of ether oxygens (including phenoxy) is 1. The number of hydrogen-bond acceptors (Lipinski definition) is 3. The molecule has 0 aromatic rings. The van der Waals surface area contributed by atoms with E-state index in [1.165, 1.54) is 57.8 Å². The molecule has 0 bridgehead atoms. The summed E-state index contributed by atoms with van der Waals surface area (Å²) in [6.07, 6.45) is 19.9.